The number of carbonyl (C=O) groups is 1. The molecule has 7 nitrogen and oxygen atoms in total. The Morgan fingerprint density at radius 2 is 1.77 bits per heavy atom. The first-order valence-electron chi connectivity index (χ1n) is 9.88. The molecule has 30 heavy (non-hydrogen) atoms. The van der Waals surface area contributed by atoms with Crippen LogP contribution in [0.2, 0.25) is 0 Å². The molecule has 0 aliphatic heterocycles. The Morgan fingerprint density at radius 3 is 2.50 bits per heavy atom. The van der Waals surface area contributed by atoms with E-state index in [0.29, 0.717) is 35.3 Å². The van der Waals surface area contributed by atoms with Gasteiger partial charge in [0.2, 0.25) is 5.91 Å². The van der Waals surface area contributed by atoms with Crippen molar-refractivity contribution in [2.75, 3.05) is 13.7 Å². The lowest BCUT2D eigenvalue weighted by Crippen LogP contribution is -2.17. The summed E-state index contributed by atoms with van der Waals surface area (Å²) in [6.45, 7) is 0.534. The number of hydroxylamine groups is 1. The van der Waals surface area contributed by atoms with Gasteiger partial charge in [-0.05, 0) is 42.7 Å². The van der Waals surface area contributed by atoms with Crippen molar-refractivity contribution < 1.29 is 23.9 Å². The monoisotopic (exact) mass is 411 g/mol. The minimum atomic E-state index is -0.362. The molecule has 0 aliphatic carbocycles. The molecule has 0 spiro atoms. The number of fused-ring (bicyclic) bond motifs is 1. The minimum absolute atomic E-state index is 0.0973. The van der Waals surface area contributed by atoms with Crippen molar-refractivity contribution in [3.63, 3.8) is 0 Å². The highest BCUT2D eigenvalue weighted by atomic mass is 16.5. The van der Waals surface area contributed by atoms with Crippen LogP contribution in [-0.2, 0) is 4.79 Å². The van der Waals surface area contributed by atoms with E-state index in [4.69, 9.17) is 19.1 Å². The fourth-order valence-electron chi connectivity index (χ4n) is 3.16. The Kier molecular flexibility index (Phi) is 7.45. The quantitative estimate of drug-likeness (QED) is 0.293. The van der Waals surface area contributed by atoms with Gasteiger partial charge < -0.3 is 13.9 Å². The largest absolute Gasteiger partial charge is 0.497 e. The lowest BCUT2D eigenvalue weighted by Gasteiger charge is -2.08. The zero-order chi connectivity index (χ0) is 21.3. The summed E-state index contributed by atoms with van der Waals surface area (Å²) < 4.78 is 16.6. The van der Waals surface area contributed by atoms with Gasteiger partial charge in [-0.25, -0.2) is 5.48 Å². The van der Waals surface area contributed by atoms with Gasteiger partial charge in [0.05, 0.1) is 24.7 Å². The van der Waals surface area contributed by atoms with Crippen LogP contribution in [-0.4, -0.2) is 24.8 Å². The molecule has 1 heterocycles. The smallest absolute Gasteiger partial charge is 0.243 e. The fourth-order valence-corrected chi connectivity index (χ4v) is 3.16. The number of benzene rings is 2. The molecular weight excluding hydrogens is 386 g/mol. The van der Waals surface area contributed by atoms with Crippen LogP contribution in [0.5, 0.6) is 11.5 Å². The number of nitrogens with one attached hydrogen (secondary N) is 1. The van der Waals surface area contributed by atoms with Crippen molar-refractivity contribution in [2.24, 2.45) is 0 Å². The SMILES string of the molecule is COc1ccc(-c2coc3cc(OCCCCCCC(=O)NO)ccc3c2=O)cc1. The van der Waals surface area contributed by atoms with Gasteiger partial charge in [-0.2, -0.15) is 0 Å². The van der Waals surface area contributed by atoms with E-state index in [2.05, 4.69) is 0 Å². The first kappa shape index (κ1) is 21.4. The van der Waals surface area contributed by atoms with E-state index in [0.717, 1.165) is 37.0 Å². The van der Waals surface area contributed by atoms with Gasteiger partial charge in [0.15, 0.2) is 5.43 Å². The zero-order valence-electron chi connectivity index (χ0n) is 16.8. The third-order valence-electron chi connectivity index (χ3n) is 4.84. The number of amides is 1. The first-order valence-corrected chi connectivity index (χ1v) is 9.88. The molecular formula is C23H25NO6. The highest BCUT2D eigenvalue weighted by Gasteiger charge is 2.10. The number of unbranched alkanes of at least 4 members (excludes halogenated alkanes) is 3. The van der Waals surface area contributed by atoms with Crippen molar-refractivity contribution in [3.05, 3.63) is 59.0 Å². The van der Waals surface area contributed by atoms with E-state index >= 15 is 0 Å². The van der Waals surface area contributed by atoms with Crippen LogP contribution in [0.1, 0.15) is 32.1 Å². The van der Waals surface area contributed by atoms with Crippen LogP contribution in [0, 0.1) is 0 Å². The Balaban J connectivity index is 1.59. The Bertz CT molecular complexity index is 1040. The lowest BCUT2D eigenvalue weighted by molar-refractivity contribution is -0.129. The topological polar surface area (TPSA) is 98.0 Å². The summed E-state index contributed by atoms with van der Waals surface area (Å²) in [5.41, 5.74) is 3.26. The molecule has 0 aliphatic rings. The molecule has 158 valence electrons. The van der Waals surface area contributed by atoms with E-state index < -0.39 is 0 Å². The van der Waals surface area contributed by atoms with Crippen LogP contribution >= 0.6 is 0 Å². The summed E-state index contributed by atoms with van der Waals surface area (Å²) in [5.74, 6) is 1.00. The third kappa shape index (κ3) is 5.39. The first-order chi connectivity index (χ1) is 14.6. The number of hydrogen-bond donors (Lipinski definition) is 2. The molecule has 7 heteroatoms. The molecule has 1 amide bonds. The van der Waals surface area contributed by atoms with Crippen molar-refractivity contribution in [2.45, 2.75) is 32.1 Å². The molecule has 0 atom stereocenters. The number of hydrogen-bond acceptors (Lipinski definition) is 6. The summed E-state index contributed by atoms with van der Waals surface area (Å²) in [6.07, 6.45) is 5.17. The summed E-state index contributed by atoms with van der Waals surface area (Å²) in [7, 11) is 1.60. The van der Waals surface area contributed by atoms with Crippen LogP contribution in [0.15, 0.2) is 57.9 Å². The molecule has 0 radical (unpaired) electrons. The molecule has 3 rings (SSSR count). The van der Waals surface area contributed by atoms with E-state index in [1.807, 2.05) is 12.1 Å². The van der Waals surface area contributed by atoms with E-state index in [9.17, 15) is 9.59 Å². The molecule has 0 bridgehead atoms. The molecule has 0 unspecified atom stereocenters. The third-order valence-corrected chi connectivity index (χ3v) is 4.84. The number of carbonyl (C=O) groups excluding carboxylic acids is 1. The number of methoxy groups -OCH3 is 1. The Morgan fingerprint density at radius 1 is 1.03 bits per heavy atom. The average molecular weight is 411 g/mol. The van der Waals surface area contributed by atoms with Crippen molar-refractivity contribution in [3.8, 4) is 22.6 Å². The zero-order valence-corrected chi connectivity index (χ0v) is 16.8. The Hall–Kier alpha value is -3.32. The van der Waals surface area contributed by atoms with Gasteiger partial charge in [-0.15, -0.1) is 0 Å². The molecule has 0 saturated heterocycles. The van der Waals surface area contributed by atoms with Crippen molar-refractivity contribution in [1.29, 1.82) is 0 Å². The van der Waals surface area contributed by atoms with Gasteiger partial charge in [0.1, 0.15) is 23.3 Å². The fraction of sp³-hybridized carbons (Fsp3) is 0.304. The molecule has 1 aromatic heterocycles. The normalized spacial score (nSPS) is 10.7. The van der Waals surface area contributed by atoms with Gasteiger partial charge >= 0.3 is 0 Å². The lowest BCUT2D eigenvalue weighted by atomic mass is 10.1. The maximum atomic E-state index is 12.8. The van der Waals surface area contributed by atoms with E-state index in [1.165, 1.54) is 6.26 Å². The summed E-state index contributed by atoms with van der Waals surface area (Å²) in [6, 6.07) is 12.5. The summed E-state index contributed by atoms with van der Waals surface area (Å²) in [4.78, 5) is 23.8. The Labute approximate surface area is 174 Å². The highest BCUT2D eigenvalue weighted by molar-refractivity contribution is 5.82. The van der Waals surface area contributed by atoms with Gasteiger partial charge in [-0.1, -0.05) is 25.0 Å². The van der Waals surface area contributed by atoms with Crippen molar-refractivity contribution in [1.82, 2.24) is 5.48 Å². The standard InChI is InChI=1S/C23H25NO6/c1-28-17-9-7-16(8-10-17)20-15-30-21-14-18(11-12-19(21)23(20)26)29-13-5-3-2-4-6-22(25)24-27/h7-12,14-15,27H,2-6,13H2,1H3,(H,24,25). The second-order valence-electron chi connectivity index (χ2n) is 6.91. The molecule has 3 aromatic rings. The second-order valence-corrected chi connectivity index (χ2v) is 6.91. The molecule has 2 N–H and O–H groups in total. The van der Waals surface area contributed by atoms with Crippen LogP contribution in [0.25, 0.3) is 22.1 Å². The van der Waals surface area contributed by atoms with Crippen LogP contribution in [0.4, 0.5) is 0 Å². The predicted molar refractivity (Wildman–Crippen MR) is 113 cm³/mol. The van der Waals surface area contributed by atoms with E-state index in [-0.39, 0.29) is 11.3 Å². The van der Waals surface area contributed by atoms with Crippen molar-refractivity contribution >= 4 is 16.9 Å². The van der Waals surface area contributed by atoms with Gasteiger partial charge in [0.25, 0.3) is 0 Å². The second kappa shape index (κ2) is 10.5. The number of rotatable bonds is 10. The highest BCUT2D eigenvalue weighted by Crippen LogP contribution is 2.24. The van der Waals surface area contributed by atoms with Crippen LogP contribution < -0.4 is 20.4 Å². The molecule has 2 aromatic carbocycles. The summed E-state index contributed by atoms with van der Waals surface area (Å²) >= 11 is 0. The predicted octanol–water partition coefficient (Wildman–Crippen LogP) is 4.30. The van der Waals surface area contributed by atoms with E-state index in [1.54, 1.807) is 42.9 Å². The van der Waals surface area contributed by atoms with Gasteiger partial charge in [-0.3, -0.25) is 14.8 Å². The average Bonchev–Trinajstić information content (AvgIpc) is 2.78. The maximum absolute atomic E-state index is 12.8. The maximum Gasteiger partial charge on any atom is 0.243 e. The van der Waals surface area contributed by atoms with Gasteiger partial charge in [0, 0.05) is 12.5 Å². The minimum Gasteiger partial charge on any atom is -0.497 e. The summed E-state index contributed by atoms with van der Waals surface area (Å²) in [5, 5.41) is 8.93. The molecule has 0 fully saturated rings. The number of ether oxygens (including phenoxy) is 2. The molecule has 0 saturated carbocycles. The van der Waals surface area contributed by atoms with Crippen LogP contribution in [0.3, 0.4) is 0 Å².